The normalized spacial score (nSPS) is 33.5. The summed E-state index contributed by atoms with van der Waals surface area (Å²) in [6, 6.07) is 0. The van der Waals surface area contributed by atoms with Gasteiger partial charge < -0.3 is 0 Å². The molecule has 0 N–H and O–H groups in total. The summed E-state index contributed by atoms with van der Waals surface area (Å²) in [4.78, 5) is 0.402. The fraction of sp³-hybridized carbons (Fsp3) is 0.778. The maximum absolute atomic E-state index is 11.9. The van der Waals surface area contributed by atoms with E-state index in [4.69, 9.17) is 0 Å². The van der Waals surface area contributed by atoms with Crippen molar-refractivity contribution in [1.82, 2.24) is 0 Å². The van der Waals surface area contributed by atoms with Gasteiger partial charge in [0.25, 0.3) is 0 Å². The summed E-state index contributed by atoms with van der Waals surface area (Å²) in [5.74, 6) is -0.242. The van der Waals surface area contributed by atoms with Gasteiger partial charge in [0.1, 0.15) is 0 Å². The van der Waals surface area contributed by atoms with Gasteiger partial charge in [0, 0.05) is 0 Å². The van der Waals surface area contributed by atoms with Crippen LogP contribution < -0.4 is 0 Å². The molecular formula is C9H14O4S2. The molecule has 0 aromatic carbocycles. The Hall–Kier alpha value is -0.360. The Morgan fingerprint density at radius 2 is 1.53 bits per heavy atom. The number of hydrogen-bond donors (Lipinski definition) is 0. The number of allylic oxidation sites excluding steroid dienone is 2. The molecule has 2 rings (SSSR count). The molecule has 1 aliphatic carbocycles. The average molecular weight is 250 g/mol. The highest BCUT2D eigenvalue weighted by Gasteiger charge is 2.41. The fourth-order valence-electron chi connectivity index (χ4n) is 2.22. The molecule has 0 spiro atoms. The molecule has 2 aliphatic rings. The van der Waals surface area contributed by atoms with E-state index in [1.54, 1.807) is 0 Å². The van der Waals surface area contributed by atoms with E-state index in [0.717, 1.165) is 12.8 Å². The molecule has 0 aromatic heterocycles. The molecule has 0 saturated carbocycles. The molecule has 1 atom stereocenters. The lowest BCUT2D eigenvalue weighted by Crippen LogP contribution is -2.36. The molecule has 86 valence electrons. The molecule has 15 heavy (non-hydrogen) atoms. The van der Waals surface area contributed by atoms with Crippen LogP contribution in [0.2, 0.25) is 0 Å². The highest BCUT2D eigenvalue weighted by Crippen LogP contribution is 2.38. The molecule has 6 heteroatoms. The van der Waals surface area contributed by atoms with Crippen LogP contribution in [-0.4, -0.2) is 27.8 Å². The standard InChI is InChI=1S/C9H14O4S2/c1-7-6-14(10,11)8-4-2-3-5-9(8)15(7,12)13/h7H,2-6H2,1H3. The second-order valence-electron chi connectivity index (χ2n) is 4.19. The first-order chi connectivity index (χ1) is 6.86. The Labute approximate surface area is 90.2 Å². The van der Waals surface area contributed by atoms with Gasteiger partial charge in [0.15, 0.2) is 19.7 Å². The highest BCUT2D eigenvalue weighted by molar-refractivity contribution is 8.02. The summed E-state index contributed by atoms with van der Waals surface area (Å²) in [7, 11) is -6.64. The molecule has 0 saturated heterocycles. The summed E-state index contributed by atoms with van der Waals surface area (Å²) in [5.41, 5.74) is 0. The largest absolute Gasteiger partial charge is 0.224 e. The topological polar surface area (TPSA) is 68.3 Å². The van der Waals surface area contributed by atoms with E-state index in [2.05, 4.69) is 0 Å². The fourth-order valence-corrected chi connectivity index (χ4v) is 7.26. The Morgan fingerprint density at radius 3 is 2.13 bits per heavy atom. The maximum atomic E-state index is 11.9. The van der Waals surface area contributed by atoms with Crippen LogP contribution in [0.4, 0.5) is 0 Å². The van der Waals surface area contributed by atoms with Gasteiger partial charge in [-0.25, -0.2) is 16.8 Å². The monoisotopic (exact) mass is 250 g/mol. The van der Waals surface area contributed by atoms with Gasteiger partial charge in [-0.15, -0.1) is 0 Å². The zero-order valence-electron chi connectivity index (χ0n) is 8.56. The Bertz CT molecular complexity index is 510. The third-order valence-electron chi connectivity index (χ3n) is 3.07. The Kier molecular flexibility index (Phi) is 2.46. The first kappa shape index (κ1) is 11.1. The van der Waals surface area contributed by atoms with Crippen molar-refractivity contribution in [3.63, 3.8) is 0 Å². The van der Waals surface area contributed by atoms with Gasteiger partial charge >= 0.3 is 0 Å². The lowest BCUT2D eigenvalue weighted by molar-refractivity contribution is 0.567. The van der Waals surface area contributed by atoms with Gasteiger partial charge in [-0.05, 0) is 32.6 Å². The Morgan fingerprint density at radius 1 is 1.00 bits per heavy atom. The third kappa shape index (κ3) is 1.63. The van der Waals surface area contributed by atoms with Crippen molar-refractivity contribution in [2.24, 2.45) is 0 Å². The van der Waals surface area contributed by atoms with Crippen LogP contribution in [0.1, 0.15) is 32.6 Å². The second-order valence-corrected chi connectivity index (χ2v) is 8.63. The Balaban J connectivity index is 2.70. The van der Waals surface area contributed by atoms with Crippen LogP contribution in [0, 0.1) is 0 Å². The predicted octanol–water partition coefficient (Wildman–Crippen LogP) is 1.00. The average Bonchev–Trinajstić information content (AvgIpc) is 2.15. The lowest BCUT2D eigenvalue weighted by Gasteiger charge is -2.28. The first-order valence-corrected chi connectivity index (χ1v) is 8.24. The first-order valence-electron chi connectivity index (χ1n) is 5.04. The number of sulfone groups is 2. The summed E-state index contributed by atoms with van der Waals surface area (Å²) in [5, 5.41) is -0.778. The van der Waals surface area contributed by atoms with Crippen molar-refractivity contribution in [3.05, 3.63) is 9.81 Å². The van der Waals surface area contributed by atoms with Crippen molar-refractivity contribution in [3.8, 4) is 0 Å². The van der Waals surface area contributed by atoms with E-state index in [-0.39, 0.29) is 15.6 Å². The number of rotatable bonds is 0. The van der Waals surface area contributed by atoms with Crippen molar-refractivity contribution >= 4 is 19.7 Å². The molecule has 1 heterocycles. The molecular weight excluding hydrogens is 236 g/mol. The third-order valence-corrected chi connectivity index (χ3v) is 7.92. The molecule has 0 radical (unpaired) electrons. The van der Waals surface area contributed by atoms with Crippen molar-refractivity contribution < 1.29 is 16.8 Å². The molecule has 0 amide bonds. The number of hydrogen-bond acceptors (Lipinski definition) is 4. The van der Waals surface area contributed by atoms with Crippen LogP contribution in [0.15, 0.2) is 9.81 Å². The molecule has 1 unspecified atom stereocenters. The van der Waals surface area contributed by atoms with E-state index < -0.39 is 24.9 Å². The quantitative estimate of drug-likeness (QED) is 0.643. The maximum Gasteiger partial charge on any atom is 0.179 e. The second kappa shape index (κ2) is 3.31. The van der Waals surface area contributed by atoms with E-state index in [1.807, 2.05) is 0 Å². The highest BCUT2D eigenvalue weighted by atomic mass is 32.2. The summed E-state index contributed by atoms with van der Waals surface area (Å²) in [6.45, 7) is 1.48. The molecule has 1 aliphatic heterocycles. The zero-order valence-corrected chi connectivity index (χ0v) is 10.2. The van der Waals surface area contributed by atoms with Crippen molar-refractivity contribution in [1.29, 1.82) is 0 Å². The lowest BCUT2D eigenvalue weighted by atomic mass is 10.1. The zero-order chi connectivity index (χ0) is 11.3. The van der Waals surface area contributed by atoms with Gasteiger partial charge in [-0.3, -0.25) is 0 Å². The minimum atomic E-state index is -3.33. The van der Waals surface area contributed by atoms with Crippen LogP contribution in [-0.2, 0) is 19.7 Å². The van der Waals surface area contributed by atoms with E-state index in [0.29, 0.717) is 12.8 Å². The smallest absolute Gasteiger partial charge is 0.179 e. The van der Waals surface area contributed by atoms with Crippen LogP contribution >= 0.6 is 0 Å². The van der Waals surface area contributed by atoms with Gasteiger partial charge in [-0.2, -0.15) is 0 Å². The van der Waals surface area contributed by atoms with Crippen molar-refractivity contribution in [2.45, 2.75) is 37.9 Å². The van der Waals surface area contributed by atoms with Gasteiger partial charge in [0.05, 0.1) is 20.8 Å². The van der Waals surface area contributed by atoms with E-state index in [1.165, 1.54) is 6.92 Å². The van der Waals surface area contributed by atoms with Crippen molar-refractivity contribution in [2.75, 3.05) is 5.75 Å². The summed E-state index contributed by atoms with van der Waals surface area (Å²) >= 11 is 0. The van der Waals surface area contributed by atoms with Crippen LogP contribution in [0.25, 0.3) is 0 Å². The molecule has 0 bridgehead atoms. The summed E-state index contributed by atoms with van der Waals surface area (Å²) in [6.07, 6.45) is 2.37. The van der Waals surface area contributed by atoms with Crippen LogP contribution in [0.5, 0.6) is 0 Å². The minimum Gasteiger partial charge on any atom is -0.224 e. The molecule has 4 nitrogen and oxygen atoms in total. The van der Waals surface area contributed by atoms with E-state index >= 15 is 0 Å². The molecule has 0 aromatic rings. The SMILES string of the molecule is CC1CS(=O)(=O)C2=C(CCCC2)S1(=O)=O. The predicted molar refractivity (Wildman–Crippen MR) is 57.7 cm³/mol. The summed E-state index contributed by atoms with van der Waals surface area (Å²) < 4.78 is 47.4. The van der Waals surface area contributed by atoms with Gasteiger partial charge in [0.2, 0.25) is 0 Å². The van der Waals surface area contributed by atoms with Gasteiger partial charge in [-0.1, -0.05) is 0 Å². The van der Waals surface area contributed by atoms with Crippen LogP contribution in [0.3, 0.4) is 0 Å². The van der Waals surface area contributed by atoms with E-state index in [9.17, 15) is 16.8 Å². The molecule has 0 fully saturated rings. The minimum absolute atomic E-state index is 0.201.